The molecule has 0 aliphatic rings. The first-order valence-electron chi connectivity index (χ1n) is 13.4. The summed E-state index contributed by atoms with van der Waals surface area (Å²) in [6, 6.07) is 22.3. The molecular weight excluding hydrogens is 542 g/mol. The fourth-order valence-electron chi connectivity index (χ4n) is 4.32. The Bertz CT molecular complexity index is 1410. The van der Waals surface area contributed by atoms with Gasteiger partial charge in [0, 0.05) is 25.6 Å². The van der Waals surface area contributed by atoms with Crippen LogP contribution in [0.2, 0.25) is 0 Å². The van der Waals surface area contributed by atoms with Crippen LogP contribution >= 0.6 is 0 Å². The summed E-state index contributed by atoms with van der Waals surface area (Å²) in [7, 11) is -0.837. The van der Waals surface area contributed by atoms with Crippen molar-refractivity contribution in [3.05, 3.63) is 90.0 Å². The van der Waals surface area contributed by atoms with E-state index in [-0.39, 0.29) is 30.5 Å². The number of carbonyl (C=O) groups excluding carboxylic acids is 2. The number of amides is 2. The van der Waals surface area contributed by atoms with E-state index in [0.29, 0.717) is 18.0 Å². The molecule has 1 N–H and O–H groups in total. The van der Waals surface area contributed by atoms with E-state index in [1.165, 1.54) is 12.0 Å². The Morgan fingerprint density at radius 1 is 0.854 bits per heavy atom. The van der Waals surface area contributed by atoms with Crippen molar-refractivity contribution in [1.29, 1.82) is 0 Å². The highest BCUT2D eigenvalue weighted by atomic mass is 32.2. The quantitative estimate of drug-likeness (QED) is 0.310. The van der Waals surface area contributed by atoms with Crippen LogP contribution in [-0.2, 0) is 32.6 Å². The first-order chi connectivity index (χ1) is 19.5. The van der Waals surface area contributed by atoms with Crippen LogP contribution in [0.5, 0.6) is 11.5 Å². The Hall–Kier alpha value is -4.05. The lowest BCUT2D eigenvalue weighted by molar-refractivity contribution is -0.140. The number of carbonyl (C=O) groups is 2. The zero-order chi connectivity index (χ0) is 30.0. The fraction of sp³-hybridized carbons (Fsp3) is 0.355. The van der Waals surface area contributed by atoms with Crippen LogP contribution in [0.25, 0.3) is 0 Å². The molecule has 0 aliphatic carbocycles. The van der Waals surface area contributed by atoms with Gasteiger partial charge in [-0.25, -0.2) is 8.42 Å². The van der Waals surface area contributed by atoms with Gasteiger partial charge >= 0.3 is 0 Å². The number of nitrogens with one attached hydrogen (secondary N) is 1. The summed E-state index contributed by atoms with van der Waals surface area (Å²) in [5.74, 6) is 0.417. The highest BCUT2D eigenvalue weighted by Gasteiger charge is 2.33. The van der Waals surface area contributed by atoms with Gasteiger partial charge in [0.05, 0.1) is 26.2 Å². The number of benzene rings is 3. The van der Waals surface area contributed by atoms with Gasteiger partial charge in [-0.1, -0.05) is 62.4 Å². The van der Waals surface area contributed by atoms with E-state index >= 15 is 0 Å². The van der Waals surface area contributed by atoms with Gasteiger partial charge in [-0.15, -0.1) is 0 Å². The maximum absolute atomic E-state index is 14.1. The van der Waals surface area contributed by atoms with Crippen LogP contribution in [0.4, 0.5) is 5.69 Å². The third kappa shape index (κ3) is 9.24. The van der Waals surface area contributed by atoms with Gasteiger partial charge in [-0.2, -0.15) is 0 Å². The van der Waals surface area contributed by atoms with E-state index in [4.69, 9.17) is 9.47 Å². The second-order valence-corrected chi connectivity index (χ2v) is 12.1. The smallest absolute Gasteiger partial charge is 0.244 e. The largest absolute Gasteiger partial charge is 0.497 e. The van der Waals surface area contributed by atoms with Crippen molar-refractivity contribution in [3.8, 4) is 11.5 Å². The highest BCUT2D eigenvalue weighted by molar-refractivity contribution is 7.92. The Morgan fingerprint density at radius 2 is 1.46 bits per heavy atom. The van der Waals surface area contributed by atoms with Crippen LogP contribution in [0, 0.1) is 5.92 Å². The minimum Gasteiger partial charge on any atom is -0.497 e. The normalized spacial score (nSPS) is 12.0. The second-order valence-electron chi connectivity index (χ2n) is 10.2. The molecule has 0 saturated heterocycles. The Kier molecular flexibility index (Phi) is 11.2. The summed E-state index contributed by atoms with van der Waals surface area (Å²) >= 11 is 0. The van der Waals surface area contributed by atoms with E-state index in [1.54, 1.807) is 49.6 Å². The van der Waals surface area contributed by atoms with Crippen LogP contribution < -0.4 is 19.1 Å². The molecule has 0 spiro atoms. The molecule has 0 aliphatic heterocycles. The third-order valence-corrected chi connectivity index (χ3v) is 7.60. The molecule has 3 aromatic rings. The number of hydrogen-bond acceptors (Lipinski definition) is 6. The average Bonchev–Trinajstić information content (AvgIpc) is 2.96. The number of anilines is 1. The number of hydrogen-bond donors (Lipinski definition) is 1. The molecule has 2 amide bonds. The summed E-state index contributed by atoms with van der Waals surface area (Å²) < 4.78 is 37.5. The summed E-state index contributed by atoms with van der Waals surface area (Å²) in [5, 5.41) is 2.97. The lowest BCUT2D eigenvalue weighted by atomic mass is 10.0. The van der Waals surface area contributed by atoms with Crippen molar-refractivity contribution in [2.75, 3.05) is 37.9 Å². The second kappa shape index (κ2) is 14.5. The van der Waals surface area contributed by atoms with Crippen molar-refractivity contribution in [2.24, 2.45) is 5.92 Å². The first-order valence-corrected chi connectivity index (χ1v) is 15.2. The van der Waals surface area contributed by atoms with E-state index in [2.05, 4.69) is 5.32 Å². The lowest BCUT2D eigenvalue weighted by Gasteiger charge is -2.33. The fourth-order valence-corrected chi connectivity index (χ4v) is 5.16. The van der Waals surface area contributed by atoms with E-state index < -0.39 is 28.5 Å². The predicted molar refractivity (Wildman–Crippen MR) is 161 cm³/mol. The molecule has 3 aromatic carbocycles. The summed E-state index contributed by atoms with van der Waals surface area (Å²) in [6.45, 7) is 3.98. The van der Waals surface area contributed by atoms with Crippen molar-refractivity contribution in [2.45, 2.75) is 32.9 Å². The monoisotopic (exact) mass is 581 g/mol. The van der Waals surface area contributed by atoms with Gasteiger partial charge in [0.1, 0.15) is 24.1 Å². The van der Waals surface area contributed by atoms with Crippen LogP contribution in [0.15, 0.2) is 78.9 Å². The number of ether oxygens (including phenoxy) is 2. The number of rotatable bonds is 14. The van der Waals surface area contributed by atoms with Crippen molar-refractivity contribution < 1.29 is 27.5 Å². The zero-order valence-electron chi connectivity index (χ0n) is 24.2. The van der Waals surface area contributed by atoms with Gasteiger partial charge in [-0.05, 0) is 41.3 Å². The Balaban J connectivity index is 2.06. The average molecular weight is 582 g/mol. The maximum atomic E-state index is 14.1. The topological polar surface area (TPSA) is 105 Å². The molecule has 0 heterocycles. The van der Waals surface area contributed by atoms with Crippen LogP contribution in [-0.4, -0.2) is 64.7 Å². The van der Waals surface area contributed by atoms with Gasteiger partial charge in [-0.3, -0.25) is 13.9 Å². The molecule has 41 heavy (non-hydrogen) atoms. The molecule has 220 valence electrons. The standard InChI is InChI=1S/C31H39N3O6S/c1-23(2)20-32-31(36)29(18-24-11-7-6-8-12-24)33(21-25-13-9-15-27(17-25)39-3)30(35)22-34(41(5,37)38)26-14-10-16-28(19-26)40-4/h6-17,19,23,29H,18,20-22H2,1-5H3,(H,32,36)/t29-/m1/s1. The van der Waals surface area contributed by atoms with Crippen molar-refractivity contribution in [1.82, 2.24) is 10.2 Å². The van der Waals surface area contributed by atoms with Crippen molar-refractivity contribution in [3.63, 3.8) is 0 Å². The molecule has 0 bridgehead atoms. The van der Waals surface area contributed by atoms with E-state index in [9.17, 15) is 18.0 Å². The van der Waals surface area contributed by atoms with Crippen LogP contribution in [0.3, 0.4) is 0 Å². The molecule has 9 nitrogen and oxygen atoms in total. The van der Waals surface area contributed by atoms with Crippen LogP contribution in [0.1, 0.15) is 25.0 Å². The van der Waals surface area contributed by atoms with E-state index in [0.717, 1.165) is 21.7 Å². The molecule has 0 unspecified atom stereocenters. The Labute approximate surface area is 243 Å². The highest BCUT2D eigenvalue weighted by Crippen LogP contribution is 2.24. The summed E-state index contributed by atoms with van der Waals surface area (Å²) in [5.41, 5.74) is 1.89. The van der Waals surface area contributed by atoms with Gasteiger partial charge < -0.3 is 19.7 Å². The lowest BCUT2D eigenvalue weighted by Crippen LogP contribution is -2.53. The zero-order valence-corrected chi connectivity index (χ0v) is 25.1. The maximum Gasteiger partial charge on any atom is 0.244 e. The molecule has 0 fully saturated rings. The van der Waals surface area contributed by atoms with Gasteiger partial charge in [0.15, 0.2) is 0 Å². The van der Waals surface area contributed by atoms with Gasteiger partial charge in [0.2, 0.25) is 21.8 Å². The predicted octanol–water partition coefficient (Wildman–Crippen LogP) is 3.88. The molecule has 10 heteroatoms. The molecule has 0 aromatic heterocycles. The van der Waals surface area contributed by atoms with Crippen molar-refractivity contribution >= 4 is 27.5 Å². The number of methoxy groups -OCH3 is 2. The summed E-state index contributed by atoms with van der Waals surface area (Å²) in [4.78, 5) is 29.3. The Morgan fingerprint density at radius 3 is 2.07 bits per heavy atom. The number of sulfonamides is 1. The SMILES string of the molecule is COc1cccc(CN(C(=O)CN(c2cccc(OC)c2)S(C)(=O)=O)[C@H](Cc2ccccc2)C(=O)NCC(C)C)c1. The summed E-state index contributed by atoms with van der Waals surface area (Å²) in [6.07, 6.45) is 1.29. The first kappa shape index (κ1) is 31.5. The molecular formula is C31H39N3O6S. The van der Waals surface area contributed by atoms with Gasteiger partial charge in [0.25, 0.3) is 0 Å². The molecule has 3 rings (SSSR count). The minimum absolute atomic E-state index is 0.0678. The third-order valence-electron chi connectivity index (χ3n) is 6.46. The number of nitrogens with zero attached hydrogens (tertiary/aromatic N) is 2. The molecule has 0 saturated carbocycles. The van der Waals surface area contributed by atoms with E-state index in [1.807, 2.05) is 50.2 Å². The molecule has 1 atom stereocenters. The minimum atomic E-state index is -3.87. The molecule has 0 radical (unpaired) electrons.